The summed E-state index contributed by atoms with van der Waals surface area (Å²) in [6.07, 6.45) is 2.78. The summed E-state index contributed by atoms with van der Waals surface area (Å²) in [5, 5.41) is 6.59. The van der Waals surface area contributed by atoms with Crippen LogP contribution in [-0.4, -0.2) is 19.1 Å². The van der Waals surface area contributed by atoms with Gasteiger partial charge < -0.3 is 10.1 Å². The van der Waals surface area contributed by atoms with E-state index in [1.165, 1.54) is 43.5 Å². The van der Waals surface area contributed by atoms with E-state index in [1.54, 1.807) is 6.92 Å². The van der Waals surface area contributed by atoms with Crippen molar-refractivity contribution in [3.05, 3.63) is 64.0 Å². The Balaban J connectivity index is 1.65. The minimum Gasteiger partial charge on any atom is -0.493 e. The zero-order valence-corrected chi connectivity index (χ0v) is 16.1. The number of benzene rings is 2. The highest BCUT2D eigenvalue weighted by atomic mass is 32.1. The lowest BCUT2D eigenvalue weighted by molar-refractivity contribution is -0.118. The average Bonchev–Trinajstić information content (AvgIpc) is 3.37. The third kappa shape index (κ3) is 2.76. The topological polar surface area (TPSA) is 38.3 Å². The molecule has 136 valence electrons. The zero-order valence-electron chi connectivity index (χ0n) is 15.3. The van der Waals surface area contributed by atoms with Crippen molar-refractivity contribution < 1.29 is 9.53 Å². The third-order valence-electron chi connectivity index (χ3n) is 5.55. The van der Waals surface area contributed by atoms with Crippen LogP contribution >= 0.6 is 11.3 Å². The van der Waals surface area contributed by atoms with Gasteiger partial charge in [0.05, 0.1) is 6.61 Å². The van der Waals surface area contributed by atoms with Gasteiger partial charge in [0, 0.05) is 30.2 Å². The van der Waals surface area contributed by atoms with E-state index in [0.29, 0.717) is 6.54 Å². The summed E-state index contributed by atoms with van der Waals surface area (Å²) in [5.41, 5.74) is 8.25. The molecule has 1 N–H and O–H groups in total. The molecule has 1 aromatic heterocycles. The molecule has 0 spiro atoms. The fraction of sp³-hybridized carbons (Fsp3) is 0.261. The quantitative estimate of drug-likeness (QED) is 0.709. The van der Waals surface area contributed by atoms with Crippen LogP contribution in [0.15, 0.2) is 41.8 Å². The van der Waals surface area contributed by atoms with Crippen molar-refractivity contribution in [1.82, 2.24) is 5.32 Å². The highest BCUT2D eigenvalue weighted by molar-refractivity contribution is 7.17. The molecule has 3 nitrogen and oxygen atoms in total. The van der Waals surface area contributed by atoms with Crippen molar-refractivity contribution in [2.45, 2.75) is 26.2 Å². The molecule has 5 rings (SSSR count). The van der Waals surface area contributed by atoms with Gasteiger partial charge >= 0.3 is 0 Å². The summed E-state index contributed by atoms with van der Waals surface area (Å²) in [7, 11) is 0. The molecule has 0 atom stereocenters. The third-order valence-corrected chi connectivity index (χ3v) is 6.52. The van der Waals surface area contributed by atoms with Crippen molar-refractivity contribution in [3.63, 3.8) is 0 Å². The largest absolute Gasteiger partial charge is 0.493 e. The number of carbonyl (C=O) groups is 1. The first kappa shape index (κ1) is 16.6. The highest BCUT2D eigenvalue weighted by Gasteiger charge is 2.29. The van der Waals surface area contributed by atoms with Gasteiger partial charge in [-0.25, -0.2) is 0 Å². The molecule has 1 aliphatic carbocycles. The van der Waals surface area contributed by atoms with E-state index in [2.05, 4.69) is 47.1 Å². The molecule has 2 aromatic carbocycles. The number of ether oxygens (including phenoxy) is 1. The van der Waals surface area contributed by atoms with E-state index in [-0.39, 0.29) is 5.91 Å². The van der Waals surface area contributed by atoms with Crippen molar-refractivity contribution in [1.29, 1.82) is 0 Å². The maximum atomic E-state index is 11.4. The predicted molar refractivity (Wildman–Crippen MR) is 111 cm³/mol. The summed E-state index contributed by atoms with van der Waals surface area (Å²) in [6.45, 7) is 3.01. The van der Waals surface area contributed by atoms with E-state index in [9.17, 15) is 4.79 Å². The first-order chi connectivity index (χ1) is 13.2. The van der Waals surface area contributed by atoms with Crippen molar-refractivity contribution in [2.75, 3.05) is 13.2 Å². The fourth-order valence-electron chi connectivity index (χ4n) is 4.40. The smallest absolute Gasteiger partial charge is 0.216 e. The molecule has 0 unspecified atom stereocenters. The molecular weight excluding hydrogens is 354 g/mol. The van der Waals surface area contributed by atoms with Gasteiger partial charge in [-0.3, -0.25) is 4.79 Å². The van der Waals surface area contributed by atoms with Crippen LogP contribution in [0.2, 0.25) is 0 Å². The number of thiophene rings is 1. The number of allylic oxidation sites excluding steroid dienone is 1. The first-order valence-corrected chi connectivity index (χ1v) is 10.3. The minimum atomic E-state index is 0.0259. The molecule has 1 aliphatic heterocycles. The molecular formula is C23H21NO2S. The average molecular weight is 375 g/mol. The van der Waals surface area contributed by atoms with Crippen LogP contribution in [0.25, 0.3) is 21.2 Å². The molecule has 2 aliphatic rings. The molecule has 0 saturated heterocycles. The SMILES string of the molecule is CC(=O)NCCC1=C(c2csc3ccccc23)Cc2ccc3c(c21)CCO3. The number of carbonyl (C=O) groups excluding carboxylic acids is 1. The molecule has 0 fully saturated rings. The van der Waals surface area contributed by atoms with Gasteiger partial charge in [0.25, 0.3) is 0 Å². The van der Waals surface area contributed by atoms with Crippen LogP contribution in [0, 0.1) is 0 Å². The Bertz CT molecular complexity index is 1090. The Hall–Kier alpha value is -2.59. The van der Waals surface area contributed by atoms with Crippen molar-refractivity contribution in [2.24, 2.45) is 0 Å². The molecule has 2 heterocycles. The maximum Gasteiger partial charge on any atom is 0.216 e. The molecule has 1 amide bonds. The predicted octanol–water partition coefficient (Wildman–Crippen LogP) is 4.83. The van der Waals surface area contributed by atoms with Gasteiger partial charge in [0.1, 0.15) is 5.75 Å². The van der Waals surface area contributed by atoms with Gasteiger partial charge in [-0.1, -0.05) is 24.3 Å². The van der Waals surface area contributed by atoms with Gasteiger partial charge in [-0.2, -0.15) is 0 Å². The normalized spacial score (nSPS) is 15.0. The number of hydrogen-bond donors (Lipinski definition) is 1. The van der Waals surface area contributed by atoms with E-state index in [4.69, 9.17) is 4.74 Å². The van der Waals surface area contributed by atoms with Crippen molar-refractivity contribution in [3.8, 4) is 5.75 Å². The lowest BCUT2D eigenvalue weighted by Crippen LogP contribution is -2.21. The molecule has 27 heavy (non-hydrogen) atoms. The Morgan fingerprint density at radius 1 is 1.22 bits per heavy atom. The first-order valence-electron chi connectivity index (χ1n) is 9.43. The molecule has 0 radical (unpaired) electrons. The van der Waals surface area contributed by atoms with Crippen LogP contribution in [-0.2, 0) is 17.6 Å². The number of nitrogens with one attached hydrogen (secondary N) is 1. The van der Waals surface area contributed by atoms with E-state index in [0.717, 1.165) is 31.6 Å². The Morgan fingerprint density at radius 3 is 3.00 bits per heavy atom. The van der Waals surface area contributed by atoms with Crippen molar-refractivity contribution >= 4 is 38.5 Å². The standard InChI is InChI=1S/C23H21NO2S/c1-14(25)24-10-8-17-19(20-13-27-22-5-3-2-4-16(20)22)12-15-6-7-21-18(23(15)17)9-11-26-21/h2-7,13H,8-12H2,1H3,(H,24,25). The lowest BCUT2D eigenvalue weighted by Gasteiger charge is -2.12. The minimum absolute atomic E-state index is 0.0259. The van der Waals surface area contributed by atoms with Crippen LogP contribution in [0.4, 0.5) is 0 Å². The summed E-state index contributed by atoms with van der Waals surface area (Å²) in [5.74, 6) is 1.06. The number of fused-ring (bicyclic) bond motifs is 4. The number of rotatable bonds is 4. The van der Waals surface area contributed by atoms with Gasteiger partial charge in [-0.05, 0) is 63.6 Å². The van der Waals surface area contributed by atoms with Crippen LogP contribution in [0.5, 0.6) is 5.75 Å². The maximum absolute atomic E-state index is 11.4. The Kier molecular flexibility index (Phi) is 4.01. The second-order valence-corrected chi connectivity index (χ2v) is 8.10. The Morgan fingerprint density at radius 2 is 2.11 bits per heavy atom. The van der Waals surface area contributed by atoms with Crippen LogP contribution < -0.4 is 10.1 Å². The van der Waals surface area contributed by atoms with E-state index in [1.807, 2.05) is 11.3 Å². The van der Waals surface area contributed by atoms with E-state index >= 15 is 0 Å². The number of hydrogen-bond acceptors (Lipinski definition) is 3. The van der Waals surface area contributed by atoms with Crippen LogP contribution in [0.3, 0.4) is 0 Å². The van der Waals surface area contributed by atoms with Gasteiger partial charge in [0.2, 0.25) is 5.91 Å². The monoisotopic (exact) mass is 375 g/mol. The second-order valence-electron chi connectivity index (χ2n) is 7.19. The summed E-state index contributed by atoms with van der Waals surface area (Å²) in [4.78, 5) is 11.4. The fourth-order valence-corrected chi connectivity index (χ4v) is 5.38. The molecule has 4 heteroatoms. The van der Waals surface area contributed by atoms with Gasteiger partial charge in [-0.15, -0.1) is 11.3 Å². The Labute approximate surface area is 162 Å². The lowest BCUT2D eigenvalue weighted by atomic mass is 9.94. The summed E-state index contributed by atoms with van der Waals surface area (Å²) < 4.78 is 7.15. The molecule has 0 bridgehead atoms. The zero-order chi connectivity index (χ0) is 18.4. The summed E-state index contributed by atoms with van der Waals surface area (Å²) in [6, 6.07) is 13.0. The van der Waals surface area contributed by atoms with E-state index < -0.39 is 0 Å². The molecule has 3 aromatic rings. The summed E-state index contributed by atoms with van der Waals surface area (Å²) >= 11 is 1.81. The number of amides is 1. The van der Waals surface area contributed by atoms with Crippen LogP contribution in [0.1, 0.15) is 35.6 Å². The second kappa shape index (κ2) is 6.54. The molecule has 0 saturated carbocycles. The highest BCUT2D eigenvalue weighted by Crippen LogP contribution is 2.47. The van der Waals surface area contributed by atoms with Gasteiger partial charge in [0.15, 0.2) is 0 Å².